The van der Waals surface area contributed by atoms with E-state index in [0.717, 1.165) is 18.4 Å². The summed E-state index contributed by atoms with van der Waals surface area (Å²) >= 11 is 0. The molecular weight excluding hydrogens is 374 g/mol. The monoisotopic (exact) mass is 403 g/mol. The summed E-state index contributed by atoms with van der Waals surface area (Å²) in [6, 6.07) is 14.6. The Bertz CT molecular complexity index is 861. The molecule has 2 aromatic rings. The Kier molecular flexibility index (Phi) is 6.97. The first kappa shape index (κ1) is 20.7. The van der Waals surface area contributed by atoms with Gasteiger partial charge in [-0.2, -0.15) is 4.31 Å². The van der Waals surface area contributed by atoms with Gasteiger partial charge in [-0.15, -0.1) is 0 Å². The molecular formula is C22H29NO4S. The highest BCUT2D eigenvalue weighted by Gasteiger charge is 2.29. The summed E-state index contributed by atoms with van der Waals surface area (Å²) in [6.45, 7) is 0.916. The van der Waals surface area contributed by atoms with Crippen molar-refractivity contribution in [2.75, 3.05) is 20.8 Å². The smallest absolute Gasteiger partial charge is 0.243 e. The van der Waals surface area contributed by atoms with Crippen LogP contribution in [0.2, 0.25) is 0 Å². The quantitative estimate of drug-likeness (QED) is 0.652. The van der Waals surface area contributed by atoms with Crippen LogP contribution in [-0.4, -0.2) is 33.5 Å². The van der Waals surface area contributed by atoms with Crippen LogP contribution in [0.5, 0.6) is 11.5 Å². The molecule has 0 saturated heterocycles. The first-order valence-electron chi connectivity index (χ1n) is 9.80. The van der Waals surface area contributed by atoms with Crippen LogP contribution in [-0.2, 0) is 16.6 Å². The van der Waals surface area contributed by atoms with Crippen molar-refractivity contribution in [1.82, 2.24) is 4.31 Å². The number of nitrogens with zero attached hydrogens (tertiary/aromatic N) is 1. The van der Waals surface area contributed by atoms with Gasteiger partial charge < -0.3 is 9.47 Å². The van der Waals surface area contributed by atoms with E-state index in [9.17, 15) is 8.42 Å². The van der Waals surface area contributed by atoms with Crippen molar-refractivity contribution < 1.29 is 17.9 Å². The van der Waals surface area contributed by atoms with Gasteiger partial charge >= 0.3 is 0 Å². The lowest BCUT2D eigenvalue weighted by Crippen LogP contribution is -2.35. The molecule has 0 heterocycles. The third kappa shape index (κ3) is 4.86. The molecule has 0 aliphatic heterocycles. The standard InChI is InChI=1S/C22H29NO4S/c1-26-21-14-13-20(15-22(21)27-2)28(24,25)23(16-18-9-5-3-6-10-18)17-19-11-7-4-8-12-19/h3,5-6,9-10,13-15,19H,4,7-8,11-12,16-17H2,1-2H3. The zero-order chi connectivity index (χ0) is 20.0. The van der Waals surface area contributed by atoms with E-state index < -0.39 is 10.0 Å². The lowest BCUT2D eigenvalue weighted by Gasteiger charge is -2.29. The summed E-state index contributed by atoms with van der Waals surface area (Å²) in [5, 5.41) is 0. The summed E-state index contributed by atoms with van der Waals surface area (Å²) in [4.78, 5) is 0.233. The number of benzene rings is 2. The first-order valence-corrected chi connectivity index (χ1v) is 11.2. The second-order valence-electron chi connectivity index (χ2n) is 7.30. The largest absolute Gasteiger partial charge is 0.493 e. The van der Waals surface area contributed by atoms with E-state index in [2.05, 4.69) is 0 Å². The first-order chi connectivity index (χ1) is 13.5. The van der Waals surface area contributed by atoms with Crippen LogP contribution in [0.4, 0.5) is 0 Å². The average Bonchev–Trinajstić information content (AvgIpc) is 2.74. The van der Waals surface area contributed by atoms with Crippen molar-refractivity contribution in [3.05, 3.63) is 54.1 Å². The Labute approximate surface area is 168 Å². The van der Waals surface area contributed by atoms with E-state index in [1.165, 1.54) is 33.5 Å². The van der Waals surface area contributed by atoms with Crippen molar-refractivity contribution in [1.29, 1.82) is 0 Å². The van der Waals surface area contributed by atoms with Crippen LogP contribution in [0.3, 0.4) is 0 Å². The van der Waals surface area contributed by atoms with Gasteiger partial charge in [0.05, 0.1) is 19.1 Å². The molecule has 0 atom stereocenters. The van der Waals surface area contributed by atoms with Gasteiger partial charge in [-0.05, 0) is 36.5 Å². The van der Waals surface area contributed by atoms with Crippen molar-refractivity contribution in [3.63, 3.8) is 0 Å². The van der Waals surface area contributed by atoms with Crippen LogP contribution in [0.15, 0.2) is 53.4 Å². The maximum atomic E-state index is 13.5. The van der Waals surface area contributed by atoms with Crippen LogP contribution in [0, 0.1) is 5.92 Å². The van der Waals surface area contributed by atoms with Gasteiger partial charge in [-0.3, -0.25) is 0 Å². The molecule has 0 aromatic heterocycles. The van der Waals surface area contributed by atoms with Gasteiger partial charge in [-0.25, -0.2) is 8.42 Å². The molecule has 28 heavy (non-hydrogen) atoms. The van der Waals surface area contributed by atoms with Crippen molar-refractivity contribution in [2.45, 2.75) is 43.5 Å². The fourth-order valence-electron chi connectivity index (χ4n) is 3.82. The van der Waals surface area contributed by atoms with Gasteiger partial charge in [0, 0.05) is 19.2 Å². The number of sulfonamides is 1. The molecule has 0 N–H and O–H groups in total. The van der Waals surface area contributed by atoms with E-state index in [1.54, 1.807) is 22.5 Å². The second-order valence-corrected chi connectivity index (χ2v) is 9.24. The molecule has 6 heteroatoms. The van der Waals surface area contributed by atoms with E-state index in [-0.39, 0.29) is 4.90 Å². The molecule has 2 aromatic carbocycles. The minimum Gasteiger partial charge on any atom is -0.493 e. The maximum Gasteiger partial charge on any atom is 0.243 e. The maximum absolute atomic E-state index is 13.5. The molecule has 1 saturated carbocycles. The van der Waals surface area contributed by atoms with Gasteiger partial charge in [0.1, 0.15) is 0 Å². The van der Waals surface area contributed by atoms with E-state index >= 15 is 0 Å². The van der Waals surface area contributed by atoms with Crippen molar-refractivity contribution in [2.24, 2.45) is 5.92 Å². The van der Waals surface area contributed by atoms with E-state index in [4.69, 9.17) is 9.47 Å². The Morgan fingerprint density at radius 3 is 2.25 bits per heavy atom. The Morgan fingerprint density at radius 1 is 0.929 bits per heavy atom. The highest BCUT2D eigenvalue weighted by atomic mass is 32.2. The van der Waals surface area contributed by atoms with Gasteiger partial charge in [-0.1, -0.05) is 49.6 Å². The lowest BCUT2D eigenvalue weighted by molar-refractivity contribution is 0.275. The lowest BCUT2D eigenvalue weighted by atomic mass is 9.89. The highest BCUT2D eigenvalue weighted by Crippen LogP contribution is 2.32. The third-order valence-electron chi connectivity index (χ3n) is 5.38. The minimum atomic E-state index is -3.66. The Balaban J connectivity index is 1.92. The van der Waals surface area contributed by atoms with Crippen LogP contribution >= 0.6 is 0 Å². The minimum absolute atomic E-state index is 0.233. The molecule has 5 nitrogen and oxygen atoms in total. The summed E-state index contributed by atoms with van der Waals surface area (Å²) < 4.78 is 39.2. The number of rotatable bonds is 8. The highest BCUT2D eigenvalue weighted by molar-refractivity contribution is 7.89. The van der Waals surface area contributed by atoms with Gasteiger partial charge in [0.25, 0.3) is 0 Å². The summed E-state index contributed by atoms with van der Waals surface area (Å²) in [6.07, 6.45) is 5.79. The molecule has 0 radical (unpaired) electrons. The predicted molar refractivity (Wildman–Crippen MR) is 110 cm³/mol. The van der Waals surface area contributed by atoms with Crippen molar-refractivity contribution in [3.8, 4) is 11.5 Å². The molecule has 0 amide bonds. The molecule has 1 fully saturated rings. The van der Waals surface area contributed by atoms with E-state index in [1.807, 2.05) is 30.3 Å². The Morgan fingerprint density at radius 2 is 1.61 bits per heavy atom. The normalized spacial score (nSPS) is 15.5. The van der Waals surface area contributed by atoms with Gasteiger partial charge in [0.15, 0.2) is 11.5 Å². The molecule has 0 bridgehead atoms. The van der Waals surface area contributed by atoms with Crippen LogP contribution < -0.4 is 9.47 Å². The molecule has 1 aliphatic carbocycles. The van der Waals surface area contributed by atoms with E-state index in [0.29, 0.717) is 30.5 Å². The number of hydrogen-bond acceptors (Lipinski definition) is 4. The van der Waals surface area contributed by atoms with Crippen LogP contribution in [0.1, 0.15) is 37.7 Å². The number of ether oxygens (including phenoxy) is 2. The van der Waals surface area contributed by atoms with Crippen molar-refractivity contribution >= 4 is 10.0 Å². The zero-order valence-corrected chi connectivity index (χ0v) is 17.5. The number of hydrogen-bond donors (Lipinski definition) is 0. The van der Waals surface area contributed by atoms with Crippen LogP contribution in [0.25, 0.3) is 0 Å². The number of methoxy groups -OCH3 is 2. The summed E-state index contributed by atoms with van der Waals surface area (Å²) in [7, 11) is -0.608. The molecule has 0 spiro atoms. The Hall–Kier alpha value is -2.05. The topological polar surface area (TPSA) is 55.8 Å². The summed E-state index contributed by atoms with van der Waals surface area (Å²) in [5.74, 6) is 1.34. The molecule has 0 unspecified atom stereocenters. The molecule has 1 aliphatic rings. The SMILES string of the molecule is COc1ccc(S(=O)(=O)N(Cc2ccccc2)CC2CCCCC2)cc1OC. The predicted octanol–water partition coefficient (Wildman–Crippen LogP) is 4.48. The zero-order valence-electron chi connectivity index (χ0n) is 16.6. The molecule has 3 rings (SSSR count). The fourth-order valence-corrected chi connectivity index (χ4v) is 5.34. The summed E-state index contributed by atoms with van der Waals surface area (Å²) in [5.41, 5.74) is 0.988. The average molecular weight is 404 g/mol. The second kappa shape index (κ2) is 9.43. The fraction of sp³-hybridized carbons (Fsp3) is 0.455. The third-order valence-corrected chi connectivity index (χ3v) is 7.19. The van der Waals surface area contributed by atoms with Gasteiger partial charge in [0.2, 0.25) is 10.0 Å². The molecule has 152 valence electrons.